The van der Waals surface area contributed by atoms with Crippen LogP contribution < -0.4 is 10.1 Å². The number of benzene rings is 3. The molecule has 1 amide bonds. The molecule has 3 rings (SSSR count). The first-order valence-corrected chi connectivity index (χ1v) is 9.47. The number of nitro benzene ring substituents is 1. The molecule has 0 aromatic heterocycles. The van der Waals surface area contributed by atoms with E-state index < -0.39 is 29.3 Å². The summed E-state index contributed by atoms with van der Waals surface area (Å²) in [6.07, 6.45) is 0.876. The Kier molecular flexibility index (Phi) is 6.75. The van der Waals surface area contributed by atoms with E-state index >= 15 is 0 Å². The molecule has 6 nitrogen and oxygen atoms in total. The van der Waals surface area contributed by atoms with Gasteiger partial charge in [-0.15, -0.1) is 0 Å². The molecule has 3 aromatic carbocycles. The Morgan fingerprint density at radius 1 is 1.07 bits per heavy atom. The zero-order valence-corrected chi connectivity index (χ0v) is 16.4. The highest BCUT2D eigenvalue weighted by atomic mass is 19.1. The number of halogens is 1. The van der Waals surface area contributed by atoms with Gasteiger partial charge < -0.3 is 10.1 Å². The fourth-order valence-corrected chi connectivity index (χ4v) is 3.07. The quantitative estimate of drug-likeness (QED) is 0.437. The molecule has 0 heterocycles. The smallest absolute Gasteiger partial charge is 0.310 e. The van der Waals surface area contributed by atoms with Gasteiger partial charge in [0.25, 0.3) is 5.91 Å². The van der Waals surface area contributed by atoms with Gasteiger partial charge in [0.05, 0.1) is 11.0 Å². The minimum Gasteiger partial charge on any atom is -0.477 e. The molecule has 1 N–H and O–H groups in total. The Hall–Kier alpha value is -3.74. The third kappa shape index (κ3) is 5.20. The lowest BCUT2D eigenvalue weighted by atomic mass is 9.97. The van der Waals surface area contributed by atoms with Crippen LogP contribution in [0.2, 0.25) is 0 Å². The Morgan fingerprint density at radius 3 is 2.47 bits per heavy atom. The number of amides is 1. The van der Waals surface area contributed by atoms with Crippen molar-refractivity contribution in [2.45, 2.75) is 19.4 Å². The molecule has 0 spiro atoms. The molecule has 0 bridgehead atoms. The Balaban J connectivity index is 1.79. The van der Waals surface area contributed by atoms with E-state index in [0.29, 0.717) is 5.56 Å². The van der Waals surface area contributed by atoms with Gasteiger partial charge in [-0.25, -0.2) is 4.39 Å². The number of aryl methyl sites for hydroxylation is 1. The number of para-hydroxylation sites is 2. The van der Waals surface area contributed by atoms with Crippen LogP contribution in [-0.4, -0.2) is 17.4 Å². The van der Waals surface area contributed by atoms with Crippen molar-refractivity contribution in [3.63, 3.8) is 0 Å². The van der Waals surface area contributed by atoms with Crippen molar-refractivity contribution in [1.29, 1.82) is 0 Å². The van der Waals surface area contributed by atoms with Crippen LogP contribution in [0.15, 0.2) is 72.8 Å². The van der Waals surface area contributed by atoms with Gasteiger partial charge in [-0.2, -0.15) is 0 Å². The van der Waals surface area contributed by atoms with Gasteiger partial charge in [0.2, 0.25) is 0 Å². The van der Waals surface area contributed by atoms with Crippen molar-refractivity contribution < 1.29 is 18.8 Å². The van der Waals surface area contributed by atoms with Gasteiger partial charge in [-0.05, 0) is 41.3 Å². The minimum atomic E-state index is -0.589. The molecule has 0 aliphatic carbocycles. The van der Waals surface area contributed by atoms with E-state index in [-0.39, 0.29) is 11.4 Å². The third-order valence-corrected chi connectivity index (χ3v) is 4.63. The van der Waals surface area contributed by atoms with E-state index in [1.165, 1.54) is 30.3 Å². The minimum absolute atomic E-state index is 0.00672. The number of carbonyl (C=O) groups is 1. The number of nitro groups is 1. The second-order valence-electron chi connectivity index (χ2n) is 6.66. The largest absolute Gasteiger partial charge is 0.477 e. The van der Waals surface area contributed by atoms with Crippen molar-refractivity contribution in [3.05, 3.63) is 105 Å². The van der Waals surface area contributed by atoms with E-state index in [1.54, 1.807) is 18.2 Å². The predicted molar refractivity (Wildman–Crippen MR) is 111 cm³/mol. The molecule has 0 aliphatic rings. The summed E-state index contributed by atoms with van der Waals surface area (Å²) in [6, 6.07) is 18.9. The summed E-state index contributed by atoms with van der Waals surface area (Å²) in [6.45, 7) is 1.63. The fourth-order valence-electron chi connectivity index (χ4n) is 3.07. The molecule has 0 saturated heterocycles. The molecular weight excluding hydrogens is 387 g/mol. The Morgan fingerprint density at radius 2 is 1.80 bits per heavy atom. The molecule has 154 valence electrons. The summed E-state index contributed by atoms with van der Waals surface area (Å²) < 4.78 is 19.2. The summed E-state index contributed by atoms with van der Waals surface area (Å²) in [5.41, 5.74) is 2.29. The Bertz CT molecular complexity index is 1040. The monoisotopic (exact) mass is 408 g/mol. The number of nitrogens with zero attached hydrogens (tertiary/aromatic N) is 1. The molecule has 0 fully saturated rings. The van der Waals surface area contributed by atoms with Crippen LogP contribution in [0.25, 0.3) is 0 Å². The lowest BCUT2D eigenvalue weighted by Gasteiger charge is -2.20. The van der Waals surface area contributed by atoms with Gasteiger partial charge >= 0.3 is 5.69 Å². The van der Waals surface area contributed by atoms with Gasteiger partial charge in [0, 0.05) is 6.07 Å². The van der Waals surface area contributed by atoms with Crippen molar-refractivity contribution in [2.75, 3.05) is 6.61 Å². The molecular formula is C23H21FN2O4. The van der Waals surface area contributed by atoms with E-state index in [4.69, 9.17) is 4.74 Å². The molecule has 0 aliphatic heterocycles. The average Bonchev–Trinajstić information content (AvgIpc) is 2.76. The number of hydrogen-bond acceptors (Lipinski definition) is 4. The van der Waals surface area contributed by atoms with Crippen LogP contribution in [0.4, 0.5) is 10.1 Å². The first-order valence-electron chi connectivity index (χ1n) is 9.47. The SMILES string of the molecule is CCc1ccc([C@H](NC(=O)COc2ccccc2[N+](=O)[O-])c2cccc(F)c2)cc1. The lowest BCUT2D eigenvalue weighted by molar-refractivity contribution is -0.385. The highest BCUT2D eigenvalue weighted by molar-refractivity contribution is 5.78. The molecule has 30 heavy (non-hydrogen) atoms. The van der Waals surface area contributed by atoms with Crippen LogP contribution in [0.1, 0.15) is 29.7 Å². The number of nitrogens with one attached hydrogen (secondary N) is 1. The maximum Gasteiger partial charge on any atom is 0.310 e. The van der Waals surface area contributed by atoms with Crippen LogP contribution in [0.3, 0.4) is 0 Å². The van der Waals surface area contributed by atoms with Crippen LogP contribution >= 0.6 is 0 Å². The van der Waals surface area contributed by atoms with E-state index in [9.17, 15) is 19.3 Å². The zero-order valence-electron chi connectivity index (χ0n) is 16.4. The van der Waals surface area contributed by atoms with Crippen molar-refractivity contribution in [3.8, 4) is 5.75 Å². The van der Waals surface area contributed by atoms with Crippen LogP contribution in [0.5, 0.6) is 5.75 Å². The highest BCUT2D eigenvalue weighted by Gasteiger charge is 2.20. The molecule has 0 unspecified atom stereocenters. The number of rotatable bonds is 8. The van der Waals surface area contributed by atoms with Crippen molar-refractivity contribution in [2.24, 2.45) is 0 Å². The zero-order chi connectivity index (χ0) is 21.5. The second-order valence-corrected chi connectivity index (χ2v) is 6.66. The van der Waals surface area contributed by atoms with Gasteiger partial charge in [-0.1, -0.05) is 55.5 Å². The first kappa shape index (κ1) is 21.0. The van der Waals surface area contributed by atoms with Crippen molar-refractivity contribution in [1.82, 2.24) is 5.32 Å². The fraction of sp³-hybridized carbons (Fsp3) is 0.174. The lowest BCUT2D eigenvalue weighted by Crippen LogP contribution is -2.33. The molecule has 0 saturated carbocycles. The summed E-state index contributed by atoms with van der Waals surface area (Å²) in [5.74, 6) is -0.887. The number of hydrogen-bond donors (Lipinski definition) is 1. The summed E-state index contributed by atoms with van der Waals surface area (Å²) in [4.78, 5) is 23.1. The summed E-state index contributed by atoms with van der Waals surface area (Å²) in [7, 11) is 0. The van der Waals surface area contributed by atoms with Crippen molar-refractivity contribution >= 4 is 11.6 Å². The van der Waals surface area contributed by atoms with E-state index in [2.05, 4.69) is 5.32 Å². The first-order chi connectivity index (χ1) is 14.5. The molecule has 0 radical (unpaired) electrons. The molecule has 3 aromatic rings. The molecule has 7 heteroatoms. The predicted octanol–water partition coefficient (Wildman–Crippen LogP) is 4.58. The standard InChI is InChI=1S/C23H21FN2O4/c1-2-16-10-12-17(13-11-16)23(18-6-5-7-19(24)14-18)25-22(27)15-30-21-9-4-3-8-20(21)26(28)29/h3-14,23H,2,15H2,1H3,(H,25,27)/t23-/m0/s1. The number of carbonyl (C=O) groups excluding carboxylic acids is 1. The summed E-state index contributed by atoms with van der Waals surface area (Å²) >= 11 is 0. The van der Waals surface area contributed by atoms with E-state index in [1.807, 2.05) is 31.2 Å². The number of ether oxygens (including phenoxy) is 1. The van der Waals surface area contributed by atoms with Gasteiger partial charge in [-0.3, -0.25) is 14.9 Å². The normalized spacial score (nSPS) is 11.5. The van der Waals surface area contributed by atoms with E-state index in [0.717, 1.165) is 17.5 Å². The second kappa shape index (κ2) is 9.65. The molecule has 1 atom stereocenters. The maximum atomic E-state index is 13.8. The van der Waals surface area contributed by atoms with Crippen LogP contribution in [0, 0.1) is 15.9 Å². The third-order valence-electron chi connectivity index (χ3n) is 4.63. The van der Waals surface area contributed by atoms with Gasteiger partial charge in [0.1, 0.15) is 5.82 Å². The van der Waals surface area contributed by atoms with Crippen LogP contribution in [-0.2, 0) is 11.2 Å². The average molecular weight is 408 g/mol. The Labute approximate surface area is 173 Å². The summed E-state index contributed by atoms with van der Waals surface area (Å²) in [5, 5.41) is 13.9. The maximum absolute atomic E-state index is 13.8. The highest BCUT2D eigenvalue weighted by Crippen LogP contribution is 2.26. The topological polar surface area (TPSA) is 81.5 Å². The van der Waals surface area contributed by atoms with Gasteiger partial charge in [0.15, 0.2) is 12.4 Å².